The Morgan fingerprint density at radius 1 is 1.20 bits per heavy atom. The van der Waals surface area contributed by atoms with Crippen molar-refractivity contribution >= 4 is 12.9 Å². The summed E-state index contributed by atoms with van der Waals surface area (Å²) in [6.45, 7) is 6.49. The minimum absolute atomic E-state index is 0.670. The van der Waals surface area contributed by atoms with Crippen LogP contribution in [-0.4, -0.2) is 7.28 Å². The van der Waals surface area contributed by atoms with Gasteiger partial charge in [0.1, 0.15) is 0 Å². The minimum atomic E-state index is 0.670. The fourth-order valence-electron chi connectivity index (χ4n) is 3.63. The van der Waals surface area contributed by atoms with Gasteiger partial charge in [-0.25, -0.2) is 0 Å². The van der Waals surface area contributed by atoms with E-state index in [0.29, 0.717) is 7.28 Å². The number of rotatable bonds is 9. The molecule has 0 bridgehead atoms. The highest BCUT2D eigenvalue weighted by molar-refractivity contribution is 6.51. The van der Waals surface area contributed by atoms with Gasteiger partial charge in [-0.1, -0.05) is 97.9 Å². The monoisotopic (exact) mass is 392 g/mol. The Morgan fingerprint density at radius 2 is 2.00 bits per heavy atom. The van der Waals surface area contributed by atoms with Gasteiger partial charge in [0.2, 0.25) is 7.28 Å². The van der Waals surface area contributed by atoms with Crippen LogP contribution in [0.1, 0.15) is 52.0 Å². The molecule has 0 aromatic heterocycles. The van der Waals surface area contributed by atoms with Gasteiger partial charge in [0.15, 0.2) is 0 Å². The zero-order valence-electron chi connectivity index (χ0n) is 18.7. The van der Waals surface area contributed by atoms with Crippen LogP contribution in [0, 0.1) is 12.2 Å². The largest absolute Gasteiger partial charge is 0.238 e. The average molecular weight is 392 g/mol. The molecule has 0 N–H and O–H groups in total. The van der Waals surface area contributed by atoms with Crippen LogP contribution >= 0.6 is 0 Å². The maximum absolute atomic E-state index is 5.43. The van der Waals surface area contributed by atoms with Gasteiger partial charge in [-0.2, -0.15) is 5.82 Å². The molecule has 1 aliphatic carbocycles. The molecule has 0 heterocycles. The van der Waals surface area contributed by atoms with Crippen molar-refractivity contribution in [3.8, 4) is 12.2 Å². The molecule has 0 spiro atoms. The zero-order chi connectivity index (χ0) is 21.6. The van der Waals surface area contributed by atoms with Crippen LogP contribution in [0.2, 0.25) is 0 Å². The summed E-state index contributed by atoms with van der Waals surface area (Å²) in [6, 6.07) is 10.7. The van der Waals surface area contributed by atoms with Gasteiger partial charge in [0, 0.05) is 0 Å². The van der Waals surface area contributed by atoms with Gasteiger partial charge in [-0.15, -0.1) is 12.4 Å². The molecule has 1 aliphatic rings. The van der Waals surface area contributed by atoms with Gasteiger partial charge in [0.25, 0.3) is 0 Å². The van der Waals surface area contributed by atoms with Gasteiger partial charge in [-0.3, -0.25) is 0 Å². The molecule has 0 saturated heterocycles. The Balaban J connectivity index is 2.55. The quantitative estimate of drug-likeness (QED) is 0.232. The topological polar surface area (TPSA) is 0 Å². The summed E-state index contributed by atoms with van der Waals surface area (Å²) in [7, 11) is 0.670. The third-order valence-electron chi connectivity index (χ3n) is 5.11. The number of terminal acetylenes is 1. The summed E-state index contributed by atoms with van der Waals surface area (Å²) in [5.74, 6) is 4.78. The molecule has 0 amide bonds. The first-order valence-corrected chi connectivity index (χ1v) is 10.9. The van der Waals surface area contributed by atoms with Gasteiger partial charge >= 0.3 is 0 Å². The Bertz CT molecular complexity index is 938. The van der Waals surface area contributed by atoms with Gasteiger partial charge in [0.05, 0.1) is 0 Å². The fraction of sp³-hybridized carbons (Fsp3) is 0.241. The molecule has 30 heavy (non-hydrogen) atoms. The first-order valence-electron chi connectivity index (χ1n) is 10.9. The number of allylic oxidation sites excluding steroid dienone is 13. The second-order valence-corrected chi connectivity index (χ2v) is 7.50. The lowest BCUT2D eigenvalue weighted by Gasteiger charge is -2.23. The van der Waals surface area contributed by atoms with Crippen LogP contribution in [0.25, 0.3) is 5.57 Å². The van der Waals surface area contributed by atoms with Crippen molar-refractivity contribution in [3.05, 3.63) is 113 Å². The molecule has 1 aromatic carbocycles. The van der Waals surface area contributed by atoms with Crippen molar-refractivity contribution in [1.82, 2.24) is 0 Å². The van der Waals surface area contributed by atoms with E-state index in [1.807, 2.05) is 0 Å². The second-order valence-electron chi connectivity index (χ2n) is 7.50. The molecule has 0 nitrogen and oxygen atoms in total. The molecule has 0 radical (unpaired) electrons. The predicted octanol–water partition coefficient (Wildman–Crippen LogP) is 7.51. The first kappa shape index (κ1) is 23.3. The zero-order valence-corrected chi connectivity index (χ0v) is 18.7. The van der Waals surface area contributed by atoms with Crippen molar-refractivity contribution in [3.63, 3.8) is 0 Å². The maximum atomic E-state index is 5.43. The highest BCUT2D eigenvalue weighted by atomic mass is 14.2. The van der Waals surface area contributed by atoms with Crippen LogP contribution in [0.3, 0.4) is 0 Å². The molecular formula is C29H33B. The van der Waals surface area contributed by atoms with Gasteiger partial charge in [-0.05, 0) is 61.0 Å². The minimum Gasteiger partial charge on any atom is -0.158 e. The Hall–Kier alpha value is -2.98. The van der Waals surface area contributed by atoms with Crippen LogP contribution in [0.15, 0.2) is 107 Å². The first-order chi connectivity index (χ1) is 14.7. The Morgan fingerprint density at radius 3 is 2.70 bits per heavy atom. The van der Waals surface area contributed by atoms with E-state index in [4.69, 9.17) is 6.42 Å². The second kappa shape index (κ2) is 13.3. The third-order valence-corrected chi connectivity index (χ3v) is 5.11. The van der Waals surface area contributed by atoms with E-state index in [9.17, 15) is 0 Å². The lowest BCUT2D eigenvalue weighted by molar-refractivity contribution is 0.906. The Labute approximate surface area is 184 Å². The van der Waals surface area contributed by atoms with Crippen LogP contribution < -0.4 is 0 Å². The van der Waals surface area contributed by atoms with E-state index < -0.39 is 0 Å². The number of hydrogen-bond donors (Lipinski definition) is 0. The number of benzene rings is 1. The molecule has 1 aromatic rings. The standard InChI is InChI=1S/C29H33B/c1-5-8-16-26-21-22-28(25-17-10-9-11-18-25)29(20-13-23-30-7-3)27(26)19-12-15-24(4)14-6-2/h3,5,8-13,15-19,22-23,30H,6,14,20-21H2,1-2,4H3/b8-5-,19-12?,23-13-,24-15-,26-16+. The van der Waals surface area contributed by atoms with E-state index in [1.54, 1.807) is 0 Å². The normalized spacial score (nSPS) is 16.7. The van der Waals surface area contributed by atoms with Crippen molar-refractivity contribution < 1.29 is 0 Å². The summed E-state index contributed by atoms with van der Waals surface area (Å²) in [6.07, 6.45) is 27.3. The average Bonchev–Trinajstić information content (AvgIpc) is 2.77. The van der Waals surface area contributed by atoms with Crippen molar-refractivity contribution in [2.75, 3.05) is 0 Å². The molecule has 2 rings (SSSR count). The van der Waals surface area contributed by atoms with E-state index in [0.717, 1.165) is 19.3 Å². The van der Waals surface area contributed by atoms with E-state index in [1.165, 1.54) is 39.8 Å². The van der Waals surface area contributed by atoms with Crippen LogP contribution in [0.5, 0.6) is 0 Å². The summed E-state index contributed by atoms with van der Waals surface area (Å²) in [4.78, 5) is 0. The smallest absolute Gasteiger partial charge is 0.158 e. The molecule has 1 heteroatoms. The molecule has 152 valence electrons. The lowest BCUT2D eigenvalue weighted by atomic mass is 9.78. The lowest BCUT2D eigenvalue weighted by Crippen LogP contribution is -2.03. The highest BCUT2D eigenvalue weighted by Crippen LogP contribution is 2.38. The molecule has 0 aliphatic heterocycles. The van der Waals surface area contributed by atoms with Crippen molar-refractivity contribution in [2.24, 2.45) is 0 Å². The number of hydrogen-bond acceptors (Lipinski definition) is 0. The van der Waals surface area contributed by atoms with E-state index >= 15 is 0 Å². The fourth-order valence-corrected chi connectivity index (χ4v) is 3.63. The third kappa shape index (κ3) is 7.13. The van der Waals surface area contributed by atoms with Crippen LogP contribution in [0.4, 0.5) is 0 Å². The highest BCUT2D eigenvalue weighted by Gasteiger charge is 2.18. The van der Waals surface area contributed by atoms with Crippen LogP contribution in [-0.2, 0) is 0 Å². The maximum Gasteiger partial charge on any atom is 0.238 e. The Kier molecular flexibility index (Phi) is 10.3. The molecule has 0 atom stereocenters. The molecule has 0 fully saturated rings. The van der Waals surface area contributed by atoms with Crippen molar-refractivity contribution in [2.45, 2.75) is 46.5 Å². The van der Waals surface area contributed by atoms with E-state index in [-0.39, 0.29) is 0 Å². The molecular weight excluding hydrogens is 359 g/mol. The van der Waals surface area contributed by atoms with Crippen molar-refractivity contribution in [1.29, 1.82) is 0 Å². The predicted molar refractivity (Wildman–Crippen MR) is 137 cm³/mol. The summed E-state index contributed by atoms with van der Waals surface area (Å²) in [5.41, 5.74) is 8.04. The summed E-state index contributed by atoms with van der Waals surface area (Å²) < 4.78 is 0. The molecule has 0 unspecified atom stereocenters. The SMILES string of the molecule is C#CB/C=C\CC1=C(C=C/C=C(/C)CCC)/C(=C/C=C\C)CC=C1c1ccccc1. The molecule has 0 saturated carbocycles. The van der Waals surface area contributed by atoms with Gasteiger partial charge < -0.3 is 0 Å². The summed E-state index contributed by atoms with van der Waals surface area (Å²) in [5, 5.41) is 0. The summed E-state index contributed by atoms with van der Waals surface area (Å²) >= 11 is 0. The van der Waals surface area contributed by atoms with E-state index in [2.05, 4.69) is 112 Å².